The van der Waals surface area contributed by atoms with Gasteiger partial charge in [0, 0.05) is 31.3 Å². The first-order chi connectivity index (χ1) is 50.6. The number of fused-ring (bicyclic) bond motifs is 2. The minimum Gasteiger partial charge on any atom is -0.0622 e. The van der Waals surface area contributed by atoms with Gasteiger partial charge in [-0.15, -0.1) is 0 Å². The Morgan fingerprint density at radius 2 is 0.794 bits per heavy atom. The van der Waals surface area contributed by atoms with Gasteiger partial charge in [-0.3, -0.25) is 19.4 Å². The van der Waals surface area contributed by atoms with Crippen molar-refractivity contribution in [1.29, 1.82) is 0 Å². The number of benzene rings is 8. The van der Waals surface area contributed by atoms with E-state index in [1.807, 2.05) is 42.5 Å². The van der Waals surface area contributed by atoms with Crippen molar-refractivity contribution in [3.8, 4) is 0 Å². The quantitative estimate of drug-likeness (QED) is 0.0343. The van der Waals surface area contributed by atoms with Gasteiger partial charge in [-0.1, -0.05) is 256 Å². The summed E-state index contributed by atoms with van der Waals surface area (Å²) in [6, 6.07) is 81.3. The largest absolute Gasteiger partial charge is 0.0622 e. The van der Waals surface area contributed by atoms with E-state index in [1.165, 1.54) is 36.7 Å². The van der Waals surface area contributed by atoms with E-state index in [0.29, 0.717) is 25.0 Å². The number of alkyl halides is 3. The summed E-state index contributed by atoms with van der Waals surface area (Å²) in [7, 11) is 1.53. The molecule has 2 amide bonds. The van der Waals surface area contributed by atoms with Gasteiger partial charge in [0.25, 0.3) is 0 Å². The monoisotopic (exact) mass is 1660 g/mol. The number of ether oxygens (including phenoxy) is 4. The summed E-state index contributed by atoms with van der Waals surface area (Å²) in [5.74, 6) is -2.45. The van der Waals surface area contributed by atoms with E-state index in [-0.39, 0.29) is 48.9 Å². The first-order valence-electron chi connectivity index (χ1n) is 33.7. The van der Waals surface area contributed by atoms with Crippen LogP contribution in [0.3, 0.4) is 0 Å². The van der Waals surface area contributed by atoms with E-state index in [0.717, 1.165) is 22.1 Å². The molecule has 2 saturated heterocycles. The third-order valence-corrected chi connectivity index (χ3v) is 22.2. The van der Waals surface area contributed by atoms with Crippen LogP contribution in [0.5, 0.6) is 0 Å². The van der Waals surface area contributed by atoms with Gasteiger partial charge in [-0.05, 0) is 118 Å². The number of rotatable bonds is 14. The number of Topliss-reactive ketones (excluding diaryl/α,β-unsaturated/α-hetero) is 2. The first-order valence-corrected chi connectivity index (χ1v) is 41.8. The number of amides is 2. The molecule has 2 fully saturated rings. The van der Waals surface area contributed by atoms with Gasteiger partial charge in [0.2, 0.25) is 0 Å². The zero-order valence-corrected chi connectivity index (χ0v) is 64.8. The molecule has 0 spiro atoms. The topological polar surface area (TPSA) is 236 Å². The third kappa shape index (κ3) is 27.0. The number of halogens is 5. The fraction of sp³-hybridized carbons (Fsp3) is 0.300. The van der Waals surface area contributed by atoms with Crippen LogP contribution in [-0.2, 0) is 58.8 Å². The Labute approximate surface area is 644 Å². The van der Waals surface area contributed by atoms with E-state index in [1.54, 1.807) is 65.8 Å². The minimum atomic E-state index is -5.87. The van der Waals surface area contributed by atoms with Crippen molar-refractivity contribution < 1.29 is 100 Å². The van der Waals surface area contributed by atoms with Crippen LogP contribution in [0.25, 0.3) is 5.57 Å². The fourth-order valence-corrected chi connectivity index (χ4v) is 17.0. The Hall–Kier alpha value is -7.41. The van der Waals surface area contributed by atoms with Gasteiger partial charge in [-0.25, -0.2) is 9.59 Å². The van der Waals surface area contributed by atoms with Gasteiger partial charge < -0.3 is 43.4 Å². The molecule has 0 aliphatic carbocycles. The number of aliphatic hydroxyl groups excluding tert-OH is 2. The van der Waals surface area contributed by atoms with E-state index < -0.39 is 123 Å². The van der Waals surface area contributed by atoms with Crippen LogP contribution in [0.4, 0.5) is 22.8 Å². The number of carbonyl (C=O) groups excluding carboxylic acids is 4. The summed E-state index contributed by atoms with van der Waals surface area (Å²) < 4.78 is 86.7. The van der Waals surface area contributed by atoms with Crippen molar-refractivity contribution in [3.05, 3.63) is 266 Å². The van der Waals surface area contributed by atoms with Crippen LogP contribution in [0.2, 0.25) is 0 Å². The van der Waals surface area contributed by atoms with Crippen molar-refractivity contribution in [2.75, 3.05) is 39.5 Å². The maximum atomic E-state index is 12.7. The summed E-state index contributed by atoms with van der Waals surface area (Å²) >= 11 is -0.106. The fourth-order valence-electron chi connectivity index (χ4n) is 11.9. The molecule has 8 aromatic carbocycles. The van der Waals surface area contributed by atoms with Crippen molar-refractivity contribution in [1.82, 2.24) is 9.80 Å². The summed E-state index contributed by atoms with van der Waals surface area (Å²) in [5, 5.41) is 44.2. The number of allylic oxidation sites excluding steroid dienone is 2. The van der Waals surface area contributed by atoms with E-state index in [9.17, 15) is 51.0 Å². The van der Waals surface area contributed by atoms with E-state index >= 15 is 0 Å². The number of nitrogens with zero attached hydrogens (tertiary/aromatic N) is 2. The Kier molecular flexibility index (Phi) is 35.6. The standard InChI is InChI=1S/C21H27NO5.2C18H15P.C16H22F3NO8S.C6H7BO2.CH4.2ClH.Pd/c1-21(2,3)27-20(25)22-12-16-11-15(14-7-5-4-6-8-14)9-10-26-19(16)18(22)17(24)13-23;2*1-4-10-16(11-5-1)19(17-12-6-2-7-13-17)18-14-8-3-9-15-18;1-15(2,3)27-14(23)20-7-9-6-10(28-29(24,25)16(17,18)19)4-5-26-13(9)12(20)11(22)8-21;8-7(9)6-4-2-1-3-5-6;;;;/h4-9,16,18-19,23H,10-13H2,1-3H3;2*1-15H;4,9,12-13,21H,5-8H2,1-3H3;1-5,8-9H;1H4;2*1H;/q;;;;;;;;+2/p-2/t16-,18+,19+;;;9-,12+,13+;;;;;/m0..0...../s1. The summed E-state index contributed by atoms with van der Waals surface area (Å²) in [4.78, 5) is 52.3. The normalized spacial score (nSPS) is 18.1. The van der Waals surface area contributed by atoms with Crippen LogP contribution >= 0.6 is 34.9 Å². The van der Waals surface area contributed by atoms with Crippen LogP contribution in [-0.4, -0.2) is 150 Å². The molecule has 0 bridgehead atoms. The molecule has 0 saturated carbocycles. The Balaban J connectivity index is 0.000000214. The number of likely N-dealkylation sites (tertiary alicyclic amines) is 2. The Bertz CT molecular complexity index is 3890. The average molecular weight is 1660 g/mol. The molecule has 4 aliphatic rings. The summed E-state index contributed by atoms with van der Waals surface area (Å²) in [5.41, 5.74) is -4.37. The second-order valence-corrected chi connectivity index (χ2v) is 34.5. The number of ketones is 2. The molecule has 17 nitrogen and oxygen atoms in total. The molecular weight excluding hydrogens is 1570 g/mol. The molecule has 4 N–H and O–H groups in total. The van der Waals surface area contributed by atoms with Crippen molar-refractivity contribution in [2.45, 2.75) is 103 Å². The van der Waals surface area contributed by atoms with E-state index in [4.69, 9.17) is 48.1 Å². The first kappa shape index (κ1) is 88.5. The number of hydrogen-bond acceptors (Lipinski definition) is 15. The van der Waals surface area contributed by atoms with Gasteiger partial charge in [0.15, 0.2) is 11.6 Å². The zero-order chi connectivity index (χ0) is 77.0. The number of aliphatic hydroxyl groups is 2. The summed E-state index contributed by atoms with van der Waals surface area (Å²) in [6.45, 7) is 8.87. The Morgan fingerprint density at radius 3 is 1.07 bits per heavy atom. The van der Waals surface area contributed by atoms with E-state index in [2.05, 4.69) is 186 Å². The maximum Gasteiger partial charge on any atom is -0.0134 e. The van der Waals surface area contributed by atoms with Gasteiger partial charge in [0.05, 0.1) is 25.4 Å². The van der Waals surface area contributed by atoms with Crippen LogP contribution in [0, 0.1) is 11.8 Å². The predicted molar refractivity (Wildman–Crippen MR) is 417 cm³/mol. The van der Waals surface area contributed by atoms with Crippen molar-refractivity contribution in [3.63, 3.8) is 0 Å². The molecule has 0 unspecified atom stereocenters. The molecule has 4 aliphatic heterocycles. The molecule has 12 rings (SSSR count). The maximum absolute atomic E-state index is 12.7. The van der Waals surface area contributed by atoms with Crippen LogP contribution in [0.1, 0.15) is 67.4 Å². The number of hydrogen-bond donors (Lipinski definition) is 4. The molecule has 27 heteroatoms. The molecular formula is C80H90BCl2F3N2O15P2PdS. The minimum absolute atomic E-state index is 0. The van der Waals surface area contributed by atoms with Crippen LogP contribution in [0.15, 0.2) is 261 Å². The predicted octanol–water partition coefficient (Wildman–Crippen LogP) is 12.2. The molecule has 574 valence electrons. The second-order valence-electron chi connectivity index (χ2n) is 26.2. The van der Waals surface area contributed by atoms with Gasteiger partial charge in [0.1, 0.15) is 42.3 Å². The average Bonchev–Trinajstić information content (AvgIpc) is 1.64. The van der Waals surface area contributed by atoms with Crippen LogP contribution < -0.4 is 37.3 Å². The molecule has 8 aromatic rings. The van der Waals surface area contributed by atoms with Crippen molar-refractivity contribution in [2.24, 2.45) is 11.8 Å². The zero-order valence-electron chi connectivity index (χ0n) is 59.1. The SMILES string of the molecule is C.CC(C)(C)OC(=O)N1C[C@@H]2CC(OS(=O)(=O)C(F)(F)F)=CCO[C@H]2[C@H]1C(=O)CO.CC(C)(C)OC(=O)N1C[C@@H]2CC(c3ccccc3)=CCO[C@H]2[C@H]1C(=O)CO.OB(O)c1ccccc1.[Cl][Pd][Cl].c1ccc(P(c2ccccc2)c2ccccc2)cc1.c1ccc(P(c2ccccc2)c2ccccc2)cc1. The molecule has 6 atom stereocenters. The molecule has 4 heterocycles. The van der Waals surface area contributed by atoms with Gasteiger partial charge >= 0.3 is 69.9 Å². The van der Waals surface area contributed by atoms with Gasteiger partial charge in [-0.2, -0.15) is 21.6 Å². The molecule has 107 heavy (non-hydrogen) atoms. The second kappa shape index (κ2) is 43.1. The number of carbonyl (C=O) groups is 4. The molecule has 0 aromatic heterocycles. The van der Waals surface area contributed by atoms with Crippen molar-refractivity contribution >= 4 is 119 Å². The molecule has 0 radical (unpaired) electrons. The smallest absolute Gasteiger partial charge is 0.0134 e. The third-order valence-electron chi connectivity index (χ3n) is 16.3. The summed E-state index contributed by atoms with van der Waals surface area (Å²) in [6.07, 6.45) is 0.595. The Morgan fingerprint density at radius 1 is 0.505 bits per heavy atom.